The molecule has 32 heavy (non-hydrogen) atoms. The molecular weight excluding hydrogens is 416 g/mol. The van der Waals surface area contributed by atoms with E-state index < -0.39 is 24.0 Å². The van der Waals surface area contributed by atoms with Crippen molar-refractivity contribution in [1.29, 1.82) is 0 Å². The van der Waals surface area contributed by atoms with Gasteiger partial charge in [0.25, 0.3) is 5.91 Å². The second kappa shape index (κ2) is 8.48. The number of carbonyl (C=O) groups is 3. The topological polar surface area (TPSA) is 139 Å². The Hall–Kier alpha value is -3.63. The first-order valence-corrected chi connectivity index (χ1v) is 10.4. The second-order valence-electron chi connectivity index (χ2n) is 8.21. The Morgan fingerprint density at radius 3 is 2.69 bits per heavy atom. The zero-order chi connectivity index (χ0) is 22.9. The number of hydrogen-bond donors (Lipinski definition) is 3. The molecule has 11 heteroatoms. The normalized spacial score (nSPS) is 22.7. The lowest BCUT2D eigenvalue weighted by Crippen LogP contribution is -2.49. The Bertz CT molecular complexity index is 1040. The van der Waals surface area contributed by atoms with Crippen LogP contribution in [-0.4, -0.2) is 64.2 Å². The molecule has 0 atom stereocenters. The van der Waals surface area contributed by atoms with Crippen molar-refractivity contribution in [2.75, 3.05) is 26.1 Å². The van der Waals surface area contributed by atoms with Crippen LogP contribution in [0.2, 0.25) is 0 Å². The van der Waals surface area contributed by atoms with Crippen molar-refractivity contribution in [3.63, 3.8) is 0 Å². The Balaban J connectivity index is 1.42. The summed E-state index contributed by atoms with van der Waals surface area (Å²) in [7, 11) is 3.08. The minimum Gasteiger partial charge on any atom is -0.497 e. The highest BCUT2D eigenvalue weighted by atomic mass is 16.5. The van der Waals surface area contributed by atoms with Crippen LogP contribution in [-0.2, 0) is 9.59 Å². The lowest BCUT2D eigenvalue weighted by molar-refractivity contribution is -0.135. The standard InChI is InChI=1S/C21H26N6O5/c1-12-6-8-21(9-7-12)18(29)27(20(30)24-21)11-16(28)22-19-23-17(25-26-19)14-5-4-13(31-2)10-15(14)32-3/h4-5,10,12H,6-9,11H2,1-3H3,(H,24,30)(H2,22,23,25,26,28). The van der Waals surface area contributed by atoms with Gasteiger partial charge in [0.2, 0.25) is 11.9 Å². The summed E-state index contributed by atoms with van der Waals surface area (Å²) in [6, 6.07) is 4.66. The van der Waals surface area contributed by atoms with Gasteiger partial charge in [0.1, 0.15) is 23.6 Å². The summed E-state index contributed by atoms with van der Waals surface area (Å²) in [5, 5.41) is 12.1. The average molecular weight is 442 g/mol. The van der Waals surface area contributed by atoms with Crippen molar-refractivity contribution in [3.8, 4) is 22.9 Å². The summed E-state index contributed by atoms with van der Waals surface area (Å²) in [6.45, 7) is 1.73. The first-order chi connectivity index (χ1) is 15.3. The van der Waals surface area contributed by atoms with E-state index in [1.54, 1.807) is 25.3 Å². The quantitative estimate of drug-likeness (QED) is 0.581. The van der Waals surface area contributed by atoms with Crippen LogP contribution in [0.4, 0.5) is 10.7 Å². The van der Waals surface area contributed by atoms with Crippen molar-refractivity contribution in [3.05, 3.63) is 18.2 Å². The predicted molar refractivity (Wildman–Crippen MR) is 114 cm³/mol. The van der Waals surface area contributed by atoms with Gasteiger partial charge in [-0.3, -0.25) is 24.9 Å². The molecule has 0 bridgehead atoms. The summed E-state index contributed by atoms with van der Waals surface area (Å²) >= 11 is 0. The SMILES string of the molecule is COc1ccc(-c2nc(NC(=O)CN3C(=O)NC4(CCC(C)CC4)C3=O)n[nH]2)c(OC)c1. The summed E-state index contributed by atoms with van der Waals surface area (Å²) in [5.41, 5.74) is -0.254. The first kappa shape index (κ1) is 21.6. The van der Waals surface area contributed by atoms with E-state index in [0.717, 1.165) is 17.7 Å². The number of anilines is 1. The highest BCUT2D eigenvalue weighted by Crippen LogP contribution is 2.36. The summed E-state index contributed by atoms with van der Waals surface area (Å²) < 4.78 is 10.5. The highest BCUT2D eigenvalue weighted by Gasteiger charge is 2.52. The zero-order valence-electron chi connectivity index (χ0n) is 18.2. The van der Waals surface area contributed by atoms with Gasteiger partial charge in [-0.2, -0.15) is 4.98 Å². The van der Waals surface area contributed by atoms with Crippen molar-refractivity contribution in [2.45, 2.75) is 38.1 Å². The average Bonchev–Trinajstić information content (AvgIpc) is 3.34. The monoisotopic (exact) mass is 442 g/mol. The minimum atomic E-state index is -0.882. The molecule has 1 spiro atoms. The molecule has 1 aromatic heterocycles. The van der Waals surface area contributed by atoms with E-state index in [0.29, 0.717) is 41.6 Å². The molecule has 2 heterocycles. The molecule has 4 amide bonds. The van der Waals surface area contributed by atoms with Crippen LogP contribution < -0.4 is 20.1 Å². The number of carbonyl (C=O) groups excluding carboxylic acids is 3. The maximum absolute atomic E-state index is 12.9. The van der Waals surface area contributed by atoms with Crippen LogP contribution in [0.3, 0.4) is 0 Å². The van der Waals surface area contributed by atoms with E-state index in [4.69, 9.17) is 9.47 Å². The van der Waals surface area contributed by atoms with Crippen molar-refractivity contribution in [2.24, 2.45) is 5.92 Å². The molecule has 0 radical (unpaired) electrons. The first-order valence-electron chi connectivity index (χ1n) is 10.4. The predicted octanol–water partition coefficient (Wildman–Crippen LogP) is 1.93. The van der Waals surface area contributed by atoms with Gasteiger partial charge in [-0.1, -0.05) is 6.92 Å². The third kappa shape index (κ3) is 3.97. The van der Waals surface area contributed by atoms with Crippen LogP contribution >= 0.6 is 0 Å². The van der Waals surface area contributed by atoms with Gasteiger partial charge in [0.15, 0.2) is 5.82 Å². The number of imide groups is 1. The number of nitrogens with zero attached hydrogens (tertiary/aromatic N) is 3. The smallest absolute Gasteiger partial charge is 0.325 e. The molecule has 2 fully saturated rings. The number of aromatic nitrogens is 3. The van der Waals surface area contributed by atoms with Crippen LogP contribution in [0.1, 0.15) is 32.6 Å². The molecule has 11 nitrogen and oxygen atoms in total. The van der Waals surface area contributed by atoms with E-state index in [-0.39, 0.29) is 11.9 Å². The number of amides is 4. The third-order valence-corrected chi connectivity index (χ3v) is 6.08. The van der Waals surface area contributed by atoms with E-state index >= 15 is 0 Å². The molecule has 2 aromatic rings. The fourth-order valence-corrected chi connectivity index (χ4v) is 4.15. The molecular formula is C21H26N6O5. The number of methoxy groups -OCH3 is 2. The molecule has 170 valence electrons. The Morgan fingerprint density at radius 1 is 1.25 bits per heavy atom. The van der Waals surface area contributed by atoms with Gasteiger partial charge >= 0.3 is 6.03 Å². The Labute approximate surface area is 184 Å². The highest BCUT2D eigenvalue weighted by molar-refractivity contribution is 6.10. The van der Waals surface area contributed by atoms with Crippen molar-refractivity contribution in [1.82, 2.24) is 25.4 Å². The molecule has 1 saturated carbocycles. The second-order valence-corrected chi connectivity index (χ2v) is 8.21. The number of H-pyrrole nitrogens is 1. The number of urea groups is 1. The molecule has 2 aliphatic rings. The van der Waals surface area contributed by atoms with Crippen LogP contribution in [0.5, 0.6) is 11.5 Å². The zero-order valence-corrected chi connectivity index (χ0v) is 18.2. The van der Waals surface area contributed by atoms with Crippen LogP contribution in [0, 0.1) is 5.92 Å². The molecule has 1 aromatic carbocycles. The molecule has 4 rings (SSSR count). The maximum atomic E-state index is 12.9. The lowest BCUT2D eigenvalue weighted by atomic mass is 9.77. The number of benzene rings is 1. The van der Waals surface area contributed by atoms with Gasteiger partial charge < -0.3 is 14.8 Å². The van der Waals surface area contributed by atoms with Gasteiger partial charge in [-0.15, -0.1) is 5.10 Å². The molecule has 0 unspecified atom stereocenters. The van der Waals surface area contributed by atoms with E-state index in [1.165, 1.54) is 7.11 Å². The largest absolute Gasteiger partial charge is 0.497 e. The van der Waals surface area contributed by atoms with E-state index in [1.807, 2.05) is 0 Å². The molecule has 1 aliphatic heterocycles. The molecule has 3 N–H and O–H groups in total. The van der Waals surface area contributed by atoms with Gasteiger partial charge in [-0.25, -0.2) is 4.79 Å². The third-order valence-electron chi connectivity index (χ3n) is 6.08. The lowest BCUT2D eigenvalue weighted by Gasteiger charge is -2.33. The fourth-order valence-electron chi connectivity index (χ4n) is 4.15. The number of rotatable bonds is 6. The van der Waals surface area contributed by atoms with Crippen LogP contribution in [0.15, 0.2) is 18.2 Å². The number of nitrogens with one attached hydrogen (secondary N) is 3. The Morgan fingerprint density at radius 2 is 2.00 bits per heavy atom. The number of hydrogen-bond acceptors (Lipinski definition) is 7. The molecule has 1 saturated heterocycles. The van der Waals surface area contributed by atoms with E-state index in [9.17, 15) is 14.4 Å². The van der Waals surface area contributed by atoms with Gasteiger partial charge in [0, 0.05) is 6.07 Å². The van der Waals surface area contributed by atoms with Crippen molar-refractivity contribution >= 4 is 23.8 Å². The Kier molecular flexibility index (Phi) is 5.72. The molecule has 1 aliphatic carbocycles. The summed E-state index contributed by atoms with van der Waals surface area (Å²) in [5.74, 6) is 1.15. The number of ether oxygens (including phenoxy) is 2. The summed E-state index contributed by atoms with van der Waals surface area (Å²) in [6.07, 6.45) is 2.90. The fraction of sp³-hybridized carbons (Fsp3) is 0.476. The van der Waals surface area contributed by atoms with Crippen molar-refractivity contribution < 1.29 is 23.9 Å². The van der Waals surface area contributed by atoms with Gasteiger partial charge in [0.05, 0.1) is 19.8 Å². The maximum Gasteiger partial charge on any atom is 0.325 e. The van der Waals surface area contributed by atoms with Crippen LogP contribution in [0.25, 0.3) is 11.4 Å². The minimum absolute atomic E-state index is 0.0242. The number of aromatic amines is 1. The van der Waals surface area contributed by atoms with Gasteiger partial charge in [-0.05, 0) is 43.7 Å². The summed E-state index contributed by atoms with van der Waals surface area (Å²) in [4.78, 5) is 43.0. The van der Waals surface area contributed by atoms with E-state index in [2.05, 4.69) is 32.7 Å².